The molecular formula is C17H18F3N7O2S. The van der Waals surface area contributed by atoms with E-state index in [0.717, 1.165) is 5.69 Å². The summed E-state index contributed by atoms with van der Waals surface area (Å²) in [6, 6.07) is 9.37. The van der Waals surface area contributed by atoms with Gasteiger partial charge >= 0.3 is 15.5 Å². The molecule has 0 atom stereocenters. The highest BCUT2D eigenvalue weighted by atomic mass is 32.2. The van der Waals surface area contributed by atoms with Crippen LogP contribution in [0.1, 0.15) is 11.4 Å². The van der Waals surface area contributed by atoms with Gasteiger partial charge in [-0.15, -0.1) is 5.10 Å². The molecule has 0 N–H and O–H groups in total. The van der Waals surface area contributed by atoms with Crippen LogP contribution >= 0.6 is 0 Å². The second-order valence-corrected chi connectivity index (χ2v) is 8.90. The molecule has 0 spiro atoms. The first kappa shape index (κ1) is 20.4. The first-order valence-corrected chi connectivity index (χ1v) is 10.6. The van der Waals surface area contributed by atoms with Gasteiger partial charge in [-0.05, 0) is 24.3 Å². The summed E-state index contributed by atoms with van der Waals surface area (Å²) in [6.07, 6.45) is 0. The zero-order valence-corrected chi connectivity index (χ0v) is 16.6. The Hall–Kier alpha value is -2.85. The Kier molecular flexibility index (Phi) is 5.07. The minimum absolute atomic E-state index is 0.0167. The van der Waals surface area contributed by atoms with Gasteiger partial charge in [0, 0.05) is 38.4 Å². The molecule has 1 fully saturated rings. The monoisotopic (exact) mass is 441 g/mol. The van der Waals surface area contributed by atoms with Crippen molar-refractivity contribution in [3.63, 3.8) is 0 Å². The number of nitrogens with zero attached hydrogens (tertiary/aromatic N) is 7. The normalized spacial score (nSPS) is 18.2. The maximum absolute atomic E-state index is 12.8. The van der Waals surface area contributed by atoms with Crippen molar-refractivity contribution in [3.05, 3.63) is 35.7 Å². The Morgan fingerprint density at radius 1 is 0.967 bits per heavy atom. The summed E-state index contributed by atoms with van der Waals surface area (Å²) in [6.45, 7) is 1.84. The highest BCUT2D eigenvalue weighted by molar-refractivity contribution is 7.89. The third-order valence-electron chi connectivity index (χ3n) is 5.17. The van der Waals surface area contributed by atoms with Crippen LogP contribution in [0.15, 0.2) is 24.3 Å². The van der Waals surface area contributed by atoms with Crippen LogP contribution in [0, 0.1) is 11.3 Å². The molecule has 3 heterocycles. The summed E-state index contributed by atoms with van der Waals surface area (Å²) in [4.78, 5) is 8.37. The van der Waals surface area contributed by atoms with E-state index in [0.29, 0.717) is 42.0 Å². The van der Waals surface area contributed by atoms with Crippen LogP contribution in [0.25, 0.3) is 0 Å². The Balaban J connectivity index is 1.42. The van der Waals surface area contributed by atoms with Crippen molar-refractivity contribution in [1.29, 1.82) is 5.26 Å². The van der Waals surface area contributed by atoms with Gasteiger partial charge in [0.15, 0.2) is 0 Å². The zero-order chi connectivity index (χ0) is 21.5. The summed E-state index contributed by atoms with van der Waals surface area (Å²) in [5.74, 6) is 0.578. The lowest BCUT2D eigenvalue weighted by atomic mass is 10.2. The summed E-state index contributed by atoms with van der Waals surface area (Å²) < 4.78 is 63.6. The van der Waals surface area contributed by atoms with E-state index in [1.165, 1.54) is 4.68 Å². The molecule has 1 aromatic heterocycles. The Labute approximate surface area is 171 Å². The minimum Gasteiger partial charge on any atom is -0.368 e. The largest absolute Gasteiger partial charge is 0.511 e. The summed E-state index contributed by atoms with van der Waals surface area (Å²) in [5.41, 5.74) is -3.75. The van der Waals surface area contributed by atoms with Crippen molar-refractivity contribution < 1.29 is 21.6 Å². The number of hydrogen-bond acceptors (Lipinski definition) is 7. The molecule has 2 aromatic rings. The number of nitriles is 1. The lowest BCUT2D eigenvalue weighted by Gasteiger charge is -2.35. The second-order valence-electron chi connectivity index (χ2n) is 6.97. The van der Waals surface area contributed by atoms with E-state index in [1.54, 1.807) is 12.1 Å². The number of fused-ring (bicyclic) bond motifs is 1. The first-order valence-electron chi connectivity index (χ1n) is 9.19. The van der Waals surface area contributed by atoms with Gasteiger partial charge in [0.05, 0.1) is 24.7 Å². The third kappa shape index (κ3) is 3.68. The standard InChI is InChI=1S/C17H18F3N7O2S/c18-17(19,20)30(28,29)26-9-10-27-15(12-26)22-16(23-27)25-7-5-24(6-8-25)14-3-1-13(11-21)2-4-14/h1-4H,5-10,12H2. The predicted octanol–water partition coefficient (Wildman–Crippen LogP) is 1.14. The van der Waals surface area contributed by atoms with Gasteiger partial charge in [-0.1, -0.05) is 0 Å². The summed E-state index contributed by atoms with van der Waals surface area (Å²) >= 11 is 0. The molecule has 4 rings (SSSR count). The summed E-state index contributed by atoms with van der Waals surface area (Å²) in [7, 11) is -5.39. The maximum atomic E-state index is 12.8. The Morgan fingerprint density at radius 2 is 1.60 bits per heavy atom. The number of halogens is 3. The van der Waals surface area contributed by atoms with Gasteiger partial charge in [0.25, 0.3) is 0 Å². The molecule has 1 aromatic carbocycles. The van der Waals surface area contributed by atoms with Crippen molar-refractivity contribution in [2.75, 3.05) is 42.5 Å². The number of sulfonamides is 1. The number of rotatable bonds is 3. The van der Waals surface area contributed by atoms with Crippen LogP contribution in [-0.2, 0) is 23.1 Å². The molecule has 0 bridgehead atoms. The van der Waals surface area contributed by atoms with E-state index >= 15 is 0 Å². The highest BCUT2D eigenvalue weighted by Gasteiger charge is 2.50. The molecule has 30 heavy (non-hydrogen) atoms. The topological polar surface area (TPSA) is 98.4 Å². The predicted molar refractivity (Wildman–Crippen MR) is 101 cm³/mol. The number of hydrogen-bond donors (Lipinski definition) is 0. The van der Waals surface area contributed by atoms with E-state index in [9.17, 15) is 21.6 Å². The van der Waals surface area contributed by atoms with Gasteiger partial charge in [-0.2, -0.15) is 27.7 Å². The fourth-order valence-electron chi connectivity index (χ4n) is 3.50. The molecule has 0 aliphatic carbocycles. The van der Waals surface area contributed by atoms with Gasteiger partial charge in [-0.25, -0.2) is 13.1 Å². The minimum atomic E-state index is -5.39. The van der Waals surface area contributed by atoms with Crippen LogP contribution in [0.5, 0.6) is 0 Å². The molecule has 2 aliphatic heterocycles. The van der Waals surface area contributed by atoms with Gasteiger partial charge in [0.2, 0.25) is 5.95 Å². The second kappa shape index (κ2) is 7.44. The van der Waals surface area contributed by atoms with E-state index in [4.69, 9.17) is 5.26 Å². The lowest BCUT2D eigenvalue weighted by molar-refractivity contribution is -0.0496. The number of alkyl halides is 3. The highest BCUT2D eigenvalue weighted by Crippen LogP contribution is 2.29. The maximum Gasteiger partial charge on any atom is 0.511 e. The van der Waals surface area contributed by atoms with Crippen molar-refractivity contribution in [3.8, 4) is 6.07 Å². The van der Waals surface area contributed by atoms with Crippen LogP contribution < -0.4 is 9.80 Å². The zero-order valence-electron chi connectivity index (χ0n) is 15.7. The van der Waals surface area contributed by atoms with Gasteiger partial charge in [-0.3, -0.25) is 0 Å². The van der Waals surface area contributed by atoms with E-state index in [1.807, 2.05) is 17.0 Å². The SMILES string of the molecule is N#Cc1ccc(N2CCN(c3nc4n(n3)CCN(S(=O)(=O)C(F)(F)F)C4)CC2)cc1. The average Bonchev–Trinajstić information content (AvgIpc) is 3.16. The molecular weight excluding hydrogens is 423 g/mol. The molecule has 0 unspecified atom stereocenters. The fraction of sp³-hybridized carbons (Fsp3) is 0.471. The van der Waals surface area contributed by atoms with Gasteiger partial charge in [0.1, 0.15) is 5.82 Å². The van der Waals surface area contributed by atoms with E-state index in [-0.39, 0.29) is 18.9 Å². The van der Waals surface area contributed by atoms with E-state index < -0.39 is 22.1 Å². The lowest BCUT2D eigenvalue weighted by Crippen LogP contribution is -2.47. The molecule has 9 nitrogen and oxygen atoms in total. The number of anilines is 2. The fourth-order valence-corrected chi connectivity index (χ4v) is 4.40. The number of piperazine rings is 1. The van der Waals surface area contributed by atoms with Crippen LogP contribution in [0.2, 0.25) is 0 Å². The average molecular weight is 441 g/mol. The molecule has 0 amide bonds. The molecule has 0 radical (unpaired) electrons. The van der Waals surface area contributed by atoms with Crippen molar-refractivity contribution in [2.45, 2.75) is 18.6 Å². The third-order valence-corrected chi connectivity index (χ3v) is 6.75. The Bertz CT molecular complexity index is 1070. The Morgan fingerprint density at radius 3 is 2.20 bits per heavy atom. The molecule has 0 saturated carbocycles. The first-order chi connectivity index (χ1) is 14.2. The number of benzene rings is 1. The van der Waals surface area contributed by atoms with Gasteiger partial charge < -0.3 is 9.80 Å². The number of aromatic nitrogens is 3. The van der Waals surface area contributed by atoms with Crippen LogP contribution in [0.3, 0.4) is 0 Å². The van der Waals surface area contributed by atoms with Crippen molar-refractivity contribution >= 4 is 21.7 Å². The molecule has 1 saturated heterocycles. The van der Waals surface area contributed by atoms with E-state index in [2.05, 4.69) is 21.1 Å². The molecule has 2 aliphatic rings. The molecule has 160 valence electrons. The van der Waals surface area contributed by atoms with Crippen molar-refractivity contribution in [2.24, 2.45) is 0 Å². The van der Waals surface area contributed by atoms with Crippen molar-refractivity contribution in [1.82, 2.24) is 19.1 Å². The molecule has 13 heteroatoms. The smallest absolute Gasteiger partial charge is 0.368 e. The van der Waals surface area contributed by atoms with Crippen LogP contribution in [0.4, 0.5) is 24.8 Å². The quantitative estimate of drug-likeness (QED) is 0.705. The van der Waals surface area contributed by atoms with Crippen LogP contribution in [-0.4, -0.2) is 65.7 Å². The summed E-state index contributed by atoms with van der Waals surface area (Å²) in [5, 5.41) is 13.2.